The van der Waals surface area contributed by atoms with Gasteiger partial charge in [-0.2, -0.15) is 0 Å². The number of ether oxygens (including phenoxy) is 2. The molecule has 0 amide bonds. The Bertz CT molecular complexity index is 805. The summed E-state index contributed by atoms with van der Waals surface area (Å²) in [6.07, 6.45) is -4.77. The van der Waals surface area contributed by atoms with Gasteiger partial charge in [-0.25, -0.2) is 0 Å². The summed E-state index contributed by atoms with van der Waals surface area (Å²) in [6, 6.07) is 8.97. The quantitative estimate of drug-likeness (QED) is 0.484. The fraction of sp³-hybridized carbons (Fsp3) is 0.125. The van der Waals surface area contributed by atoms with Crippen molar-refractivity contribution in [2.24, 2.45) is 0 Å². The minimum atomic E-state index is -4.77. The first-order chi connectivity index (χ1) is 11.3. The van der Waals surface area contributed by atoms with Crippen LogP contribution in [0.1, 0.15) is 11.1 Å². The summed E-state index contributed by atoms with van der Waals surface area (Å²) in [6.45, 7) is 0. The van der Waals surface area contributed by atoms with Crippen LogP contribution in [0.2, 0.25) is 0 Å². The smallest absolute Gasteiger partial charge is 0.497 e. The van der Waals surface area contributed by atoms with Gasteiger partial charge in [0.05, 0.1) is 12.0 Å². The molecule has 0 aliphatic carbocycles. The number of rotatable bonds is 3. The molecule has 2 rings (SSSR count). The molecule has 124 valence electrons. The van der Waals surface area contributed by atoms with Gasteiger partial charge in [0.1, 0.15) is 17.1 Å². The highest BCUT2D eigenvalue weighted by Gasteiger charge is 2.30. The van der Waals surface area contributed by atoms with Gasteiger partial charge in [0.25, 0.3) is 5.69 Å². The molecule has 0 saturated heterocycles. The van der Waals surface area contributed by atoms with E-state index in [4.69, 9.17) is 4.74 Å². The fourth-order valence-corrected chi connectivity index (χ4v) is 1.78. The Balaban J connectivity index is 2.28. The monoisotopic (exact) mass is 337 g/mol. The second-order valence-corrected chi connectivity index (χ2v) is 4.46. The van der Waals surface area contributed by atoms with Crippen LogP contribution in [0.3, 0.4) is 0 Å². The molecule has 0 bridgehead atoms. The lowest BCUT2D eigenvalue weighted by molar-refractivity contribution is -0.385. The Morgan fingerprint density at radius 2 is 1.67 bits per heavy atom. The summed E-state index contributed by atoms with van der Waals surface area (Å²) in [7, 11) is 1.41. The van der Waals surface area contributed by atoms with E-state index in [1.165, 1.54) is 37.4 Å². The third kappa shape index (κ3) is 4.64. The molecule has 0 aromatic heterocycles. The molecule has 2 aromatic rings. The van der Waals surface area contributed by atoms with E-state index in [2.05, 4.69) is 16.6 Å². The van der Waals surface area contributed by atoms with Crippen LogP contribution in [-0.2, 0) is 0 Å². The summed E-state index contributed by atoms with van der Waals surface area (Å²) in [5, 5.41) is 11.0. The summed E-state index contributed by atoms with van der Waals surface area (Å²) in [4.78, 5) is 10.4. The molecule has 0 N–H and O–H groups in total. The minimum Gasteiger partial charge on any atom is -0.497 e. The van der Waals surface area contributed by atoms with E-state index < -0.39 is 11.3 Å². The fourth-order valence-electron chi connectivity index (χ4n) is 1.78. The van der Waals surface area contributed by atoms with Crippen molar-refractivity contribution in [2.45, 2.75) is 6.36 Å². The molecular weight excluding hydrogens is 327 g/mol. The van der Waals surface area contributed by atoms with E-state index in [-0.39, 0.29) is 17.0 Å². The molecule has 0 aliphatic rings. The average molecular weight is 337 g/mol. The number of halogens is 3. The third-order valence-electron chi connectivity index (χ3n) is 2.83. The highest BCUT2D eigenvalue weighted by Crippen LogP contribution is 2.24. The van der Waals surface area contributed by atoms with Gasteiger partial charge in [-0.15, -0.1) is 13.2 Å². The van der Waals surface area contributed by atoms with E-state index in [0.717, 1.165) is 12.1 Å². The van der Waals surface area contributed by atoms with Crippen molar-refractivity contribution in [2.75, 3.05) is 7.11 Å². The maximum Gasteiger partial charge on any atom is 0.573 e. The summed E-state index contributed by atoms with van der Waals surface area (Å²) in [5.74, 6) is 5.30. The molecule has 0 saturated carbocycles. The van der Waals surface area contributed by atoms with Crippen LogP contribution in [0.5, 0.6) is 11.5 Å². The minimum absolute atomic E-state index is 0.134. The maximum atomic E-state index is 12.1. The van der Waals surface area contributed by atoms with Crippen LogP contribution in [0.15, 0.2) is 42.5 Å². The number of benzene rings is 2. The Kier molecular flexibility index (Phi) is 4.94. The average Bonchev–Trinajstić information content (AvgIpc) is 2.52. The zero-order valence-electron chi connectivity index (χ0n) is 12.3. The van der Waals surface area contributed by atoms with Crippen molar-refractivity contribution in [3.63, 3.8) is 0 Å². The second-order valence-electron chi connectivity index (χ2n) is 4.46. The van der Waals surface area contributed by atoms with Crippen molar-refractivity contribution in [1.29, 1.82) is 0 Å². The van der Waals surface area contributed by atoms with Crippen LogP contribution >= 0.6 is 0 Å². The van der Waals surface area contributed by atoms with E-state index in [0.29, 0.717) is 11.3 Å². The predicted octanol–water partition coefficient (Wildman–Crippen LogP) is 3.90. The Morgan fingerprint density at radius 1 is 1.04 bits per heavy atom. The van der Waals surface area contributed by atoms with Crippen molar-refractivity contribution in [3.8, 4) is 23.3 Å². The molecule has 2 aromatic carbocycles. The Hall–Kier alpha value is -3.21. The molecule has 8 heteroatoms. The second kappa shape index (κ2) is 6.91. The molecule has 0 unspecified atom stereocenters. The van der Waals surface area contributed by atoms with Gasteiger partial charge in [-0.1, -0.05) is 11.8 Å². The van der Waals surface area contributed by atoms with Crippen LogP contribution in [0, 0.1) is 22.0 Å². The predicted molar refractivity (Wildman–Crippen MR) is 78.8 cm³/mol. The van der Waals surface area contributed by atoms with E-state index in [1.807, 2.05) is 0 Å². The van der Waals surface area contributed by atoms with Crippen LogP contribution in [0.4, 0.5) is 18.9 Å². The maximum absolute atomic E-state index is 12.1. The first-order valence-corrected chi connectivity index (χ1v) is 6.49. The number of nitro groups is 1. The highest BCUT2D eigenvalue weighted by atomic mass is 19.4. The van der Waals surface area contributed by atoms with Gasteiger partial charge < -0.3 is 9.47 Å². The number of nitro benzene ring substituents is 1. The summed E-state index contributed by atoms with van der Waals surface area (Å²) < 4.78 is 45.0. The molecule has 5 nitrogen and oxygen atoms in total. The lowest BCUT2D eigenvalue weighted by Crippen LogP contribution is -2.16. The Labute approximate surface area is 134 Å². The van der Waals surface area contributed by atoms with Gasteiger partial charge in [-0.3, -0.25) is 10.1 Å². The first kappa shape index (κ1) is 17.1. The van der Waals surface area contributed by atoms with Crippen LogP contribution < -0.4 is 9.47 Å². The van der Waals surface area contributed by atoms with E-state index in [9.17, 15) is 23.3 Å². The largest absolute Gasteiger partial charge is 0.573 e. The molecule has 0 fully saturated rings. The number of nitrogens with zero attached hydrogens (tertiary/aromatic N) is 1. The lowest BCUT2D eigenvalue weighted by atomic mass is 10.1. The molecule has 0 atom stereocenters. The van der Waals surface area contributed by atoms with Crippen molar-refractivity contribution >= 4 is 5.69 Å². The van der Waals surface area contributed by atoms with Gasteiger partial charge in [0, 0.05) is 17.7 Å². The Morgan fingerprint density at radius 3 is 2.21 bits per heavy atom. The normalized spacial score (nSPS) is 10.5. The SMILES string of the molecule is COc1ccc([N+](=O)[O-])c(C#Cc2ccc(OC(F)(F)F)cc2)c1. The van der Waals surface area contributed by atoms with Crippen LogP contribution in [-0.4, -0.2) is 18.4 Å². The molecule has 0 aliphatic heterocycles. The molecule has 0 spiro atoms. The van der Waals surface area contributed by atoms with Crippen LogP contribution in [0.25, 0.3) is 0 Å². The number of hydrogen-bond acceptors (Lipinski definition) is 4. The van der Waals surface area contributed by atoms with E-state index in [1.54, 1.807) is 0 Å². The van der Waals surface area contributed by atoms with Crippen molar-refractivity contribution in [1.82, 2.24) is 0 Å². The lowest BCUT2D eigenvalue weighted by Gasteiger charge is -2.07. The molecule has 0 heterocycles. The summed E-state index contributed by atoms with van der Waals surface area (Å²) in [5.41, 5.74) is 0.317. The third-order valence-corrected chi connectivity index (χ3v) is 2.83. The van der Waals surface area contributed by atoms with Gasteiger partial charge in [0.15, 0.2) is 0 Å². The summed E-state index contributed by atoms with van der Waals surface area (Å²) >= 11 is 0. The van der Waals surface area contributed by atoms with Crippen molar-refractivity contribution < 1.29 is 27.6 Å². The molecule has 0 radical (unpaired) electrons. The number of hydrogen-bond donors (Lipinski definition) is 0. The molecular formula is C16H10F3NO4. The molecule has 24 heavy (non-hydrogen) atoms. The number of alkyl halides is 3. The van der Waals surface area contributed by atoms with Gasteiger partial charge >= 0.3 is 6.36 Å². The number of methoxy groups -OCH3 is 1. The van der Waals surface area contributed by atoms with Gasteiger partial charge in [0.2, 0.25) is 0 Å². The zero-order chi connectivity index (χ0) is 17.7. The topological polar surface area (TPSA) is 61.6 Å². The standard InChI is InChI=1S/C16H10F3NO4/c1-23-14-8-9-15(20(21)22)12(10-14)5-2-11-3-6-13(7-4-11)24-16(17,18)19/h3-4,6-10H,1H3. The van der Waals surface area contributed by atoms with Gasteiger partial charge in [-0.05, 0) is 30.3 Å². The van der Waals surface area contributed by atoms with E-state index >= 15 is 0 Å². The van der Waals surface area contributed by atoms with Crippen molar-refractivity contribution in [3.05, 3.63) is 63.7 Å². The highest BCUT2D eigenvalue weighted by molar-refractivity contribution is 5.56. The first-order valence-electron chi connectivity index (χ1n) is 6.49. The zero-order valence-corrected chi connectivity index (χ0v) is 12.3.